The molecule has 10 N–H and O–H groups in total. The minimum Gasteiger partial charge on any atom is -0.481 e. The van der Waals surface area contributed by atoms with Crippen LogP contribution in [-0.4, -0.2) is 113 Å². The summed E-state index contributed by atoms with van der Waals surface area (Å²) in [6.07, 6.45) is 3.40. The number of rotatable bonds is 22. The molecule has 20 heteroatoms. The molecule has 0 unspecified atom stereocenters. The van der Waals surface area contributed by atoms with Crippen LogP contribution in [-0.2, 0) is 52.7 Å². The van der Waals surface area contributed by atoms with Crippen LogP contribution in [0.1, 0.15) is 179 Å². The Morgan fingerprint density at radius 1 is 0.563 bits per heavy atom. The molecule has 1 aliphatic heterocycles. The number of nitrogens with one attached hydrogen (secondary N) is 7. The lowest BCUT2D eigenvalue weighted by Crippen LogP contribution is -2.61. The summed E-state index contributed by atoms with van der Waals surface area (Å²) in [4.78, 5) is 137. The van der Waals surface area contributed by atoms with E-state index in [1.165, 1.54) is 0 Å². The lowest BCUT2D eigenvalue weighted by molar-refractivity contribution is -0.156. The zero-order valence-corrected chi connectivity index (χ0v) is 44.7. The monoisotopic (exact) mass is 1010 g/mol. The van der Waals surface area contributed by atoms with E-state index < -0.39 is 132 Å². The highest BCUT2D eigenvalue weighted by Crippen LogP contribution is 2.20. The van der Waals surface area contributed by atoms with E-state index in [1.54, 1.807) is 41.5 Å². The number of carbonyl (C=O) groups excluding carboxylic acids is 9. The summed E-state index contributed by atoms with van der Waals surface area (Å²) in [6, 6.07) is -9.49. The second-order valence-electron chi connectivity index (χ2n) is 21.2. The highest BCUT2D eigenvalue weighted by Gasteiger charge is 2.38. The van der Waals surface area contributed by atoms with E-state index in [1.807, 2.05) is 27.7 Å². The number of cyclic esters (lactones) is 1. The van der Waals surface area contributed by atoms with E-state index in [9.17, 15) is 53.1 Å². The van der Waals surface area contributed by atoms with Gasteiger partial charge in [0, 0.05) is 6.42 Å². The van der Waals surface area contributed by atoms with E-state index in [4.69, 9.17) is 10.5 Å². The zero-order valence-electron chi connectivity index (χ0n) is 44.7. The third-order valence-electron chi connectivity index (χ3n) is 12.7. The zero-order chi connectivity index (χ0) is 54.1. The van der Waals surface area contributed by atoms with E-state index in [0.717, 1.165) is 32.1 Å². The van der Waals surface area contributed by atoms with Gasteiger partial charge in [0.1, 0.15) is 48.4 Å². The molecule has 1 rings (SSSR count). The average molecular weight is 1010 g/mol. The maximum Gasteiger partial charge on any atom is 0.329 e. The average Bonchev–Trinajstić information content (AvgIpc) is 3.26. The van der Waals surface area contributed by atoms with Crippen LogP contribution in [0.4, 0.5) is 0 Å². The fraction of sp³-hybridized carbons (Fsp3) is 0.804. The van der Waals surface area contributed by atoms with Gasteiger partial charge in [-0.25, -0.2) is 4.79 Å². The smallest absolute Gasteiger partial charge is 0.329 e. The van der Waals surface area contributed by atoms with Crippen molar-refractivity contribution in [1.82, 2.24) is 37.2 Å². The van der Waals surface area contributed by atoms with Gasteiger partial charge in [0.15, 0.2) is 0 Å². The Morgan fingerprint density at radius 3 is 1.46 bits per heavy atom. The fourth-order valence-electron chi connectivity index (χ4n) is 8.16. The molecule has 0 saturated carbocycles. The molecule has 0 aromatic heterocycles. The topological polar surface area (TPSA) is 310 Å². The number of carboxylic acids is 1. The minimum atomic E-state index is -1.72. The lowest BCUT2D eigenvalue weighted by Gasteiger charge is -2.30. The van der Waals surface area contributed by atoms with Crippen LogP contribution < -0.4 is 43.0 Å². The van der Waals surface area contributed by atoms with Crippen LogP contribution in [0, 0.1) is 35.5 Å². The molecule has 0 aromatic rings. The summed E-state index contributed by atoms with van der Waals surface area (Å²) in [5.74, 6) is -9.84. The standard InChI is InChI=1S/C51H90N8O12/c1-13-32(11)19-17-15-16-18-20-34-26-41(61)53-35(21-22-40(52)60)45(64)54-36(23-28(3)4)46(65)55-37(24-29(5)6)48(67)58-43(31(9)10)50(69)57-39(27-42(62)63)47(66)56-38(25-30(7)8)49(68)59-44(33(12)14-2)51(70)71-34/h28-39,43-44H,13-27H2,1-12H3,(H2,52,60)(H,53,61)(H,54,64)(H,55,65)(H,56,66)(H,57,69)(H,58,67)(H,59,68)(H,62,63)/t32-,33-,34+,35-,36-,37+,38+,39-,43-,44-/m0/s1. The van der Waals surface area contributed by atoms with Crippen LogP contribution >= 0.6 is 0 Å². The van der Waals surface area contributed by atoms with Gasteiger partial charge in [0.25, 0.3) is 0 Å². The molecule has 71 heavy (non-hydrogen) atoms. The van der Waals surface area contributed by atoms with Gasteiger partial charge in [-0.1, -0.05) is 122 Å². The Balaban J connectivity index is 4.02. The third kappa shape index (κ3) is 25.1. The Labute approximate surface area is 422 Å². The number of esters is 1. The number of nitrogens with two attached hydrogens (primary N) is 1. The van der Waals surface area contributed by atoms with Gasteiger partial charge in [0.2, 0.25) is 47.3 Å². The molecule has 406 valence electrons. The van der Waals surface area contributed by atoms with Crippen molar-refractivity contribution in [1.29, 1.82) is 0 Å². The molecule has 0 spiro atoms. The SMILES string of the molecule is CC[C@H](C)CCCCCC[C@@H]1CC(=O)N[C@@H](CCC(N)=O)C(=O)N[C@@H](CC(C)C)C(=O)N[C@H](CC(C)C)C(=O)N[C@@H](C(C)C)C(=O)N[C@@H](CC(=O)O)C(=O)N[C@H](CC(C)C)C(=O)N[C@@H]([C@@H](C)CC)C(=O)O1. The number of aliphatic carboxylic acids is 1. The predicted molar refractivity (Wildman–Crippen MR) is 269 cm³/mol. The quantitative estimate of drug-likeness (QED) is 0.0555. The van der Waals surface area contributed by atoms with Gasteiger partial charge >= 0.3 is 11.9 Å². The molecule has 0 aliphatic carbocycles. The molecule has 8 amide bonds. The Bertz CT molecular complexity index is 1770. The van der Waals surface area contributed by atoms with Gasteiger partial charge < -0.3 is 52.8 Å². The fourth-order valence-corrected chi connectivity index (χ4v) is 8.16. The van der Waals surface area contributed by atoms with Gasteiger partial charge in [0.05, 0.1) is 12.8 Å². The number of hydrogen-bond donors (Lipinski definition) is 9. The first-order valence-electron chi connectivity index (χ1n) is 26.0. The molecular formula is C51H90N8O12. The summed E-state index contributed by atoms with van der Waals surface area (Å²) in [6.45, 7) is 21.9. The van der Waals surface area contributed by atoms with Crippen molar-refractivity contribution in [2.45, 2.75) is 228 Å². The van der Waals surface area contributed by atoms with E-state index >= 15 is 0 Å². The highest BCUT2D eigenvalue weighted by atomic mass is 16.5. The lowest BCUT2D eigenvalue weighted by atomic mass is 9.96. The molecule has 0 bridgehead atoms. The molecule has 10 atom stereocenters. The molecule has 1 aliphatic rings. The number of carbonyl (C=O) groups is 10. The number of hydrogen-bond acceptors (Lipinski definition) is 11. The minimum absolute atomic E-state index is 0.0452. The van der Waals surface area contributed by atoms with Crippen molar-refractivity contribution in [3.63, 3.8) is 0 Å². The molecule has 1 fully saturated rings. The first-order chi connectivity index (χ1) is 33.2. The summed E-state index contributed by atoms with van der Waals surface area (Å²) in [5, 5.41) is 28.4. The second-order valence-corrected chi connectivity index (χ2v) is 21.2. The predicted octanol–water partition coefficient (Wildman–Crippen LogP) is 3.66. The van der Waals surface area contributed by atoms with Gasteiger partial charge in [-0.15, -0.1) is 0 Å². The van der Waals surface area contributed by atoms with Gasteiger partial charge in [-0.05, 0) is 74.0 Å². The van der Waals surface area contributed by atoms with Crippen molar-refractivity contribution >= 4 is 59.2 Å². The number of carboxylic acid groups (broad SMARTS) is 1. The number of amides is 8. The summed E-state index contributed by atoms with van der Waals surface area (Å²) in [7, 11) is 0. The molecule has 1 heterocycles. The molecule has 1 saturated heterocycles. The van der Waals surface area contributed by atoms with Crippen LogP contribution in [0.15, 0.2) is 0 Å². The van der Waals surface area contributed by atoms with Crippen molar-refractivity contribution in [2.75, 3.05) is 0 Å². The Morgan fingerprint density at radius 2 is 1.01 bits per heavy atom. The second kappa shape index (κ2) is 32.6. The van der Waals surface area contributed by atoms with Gasteiger partial charge in [-0.2, -0.15) is 0 Å². The largest absolute Gasteiger partial charge is 0.481 e. The maximum atomic E-state index is 14.2. The molecular weight excluding hydrogens is 917 g/mol. The molecule has 0 aromatic carbocycles. The molecule has 0 radical (unpaired) electrons. The first-order valence-corrected chi connectivity index (χ1v) is 26.0. The first kappa shape index (κ1) is 63.7. The summed E-state index contributed by atoms with van der Waals surface area (Å²) < 4.78 is 6.06. The van der Waals surface area contributed by atoms with Crippen LogP contribution in [0.2, 0.25) is 0 Å². The summed E-state index contributed by atoms with van der Waals surface area (Å²) >= 11 is 0. The Hall–Kier alpha value is -5.30. The van der Waals surface area contributed by atoms with Crippen molar-refractivity contribution in [3.05, 3.63) is 0 Å². The third-order valence-corrected chi connectivity index (χ3v) is 12.7. The van der Waals surface area contributed by atoms with E-state index in [-0.39, 0.29) is 56.3 Å². The maximum absolute atomic E-state index is 14.2. The highest BCUT2D eigenvalue weighted by molar-refractivity contribution is 5.98. The number of unbranched alkanes of at least 4 members (excludes halogenated alkanes) is 3. The van der Waals surface area contributed by atoms with Crippen LogP contribution in [0.3, 0.4) is 0 Å². The number of ether oxygens (including phenoxy) is 1. The Kier molecular flexibility index (Phi) is 29.3. The van der Waals surface area contributed by atoms with E-state index in [2.05, 4.69) is 51.1 Å². The van der Waals surface area contributed by atoms with Crippen LogP contribution in [0.5, 0.6) is 0 Å². The van der Waals surface area contributed by atoms with Crippen molar-refractivity contribution in [3.8, 4) is 0 Å². The van der Waals surface area contributed by atoms with Gasteiger partial charge in [-0.3, -0.25) is 43.2 Å². The van der Waals surface area contributed by atoms with Crippen molar-refractivity contribution in [2.24, 2.45) is 41.2 Å². The molecule has 20 nitrogen and oxygen atoms in total. The van der Waals surface area contributed by atoms with Crippen LogP contribution in [0.25, 0.3) is 0 Å². The van der Waals surface area contributed by atoms with E-state index in [0.29, 0.717) is 18.8 Å². The number of primary amides is 1. The normalized spacial score (nSPS) is 25.1. The summed E-state index contributed by atoms with van der Waals surface area (Å²) in [5.41, 5.74) is 5.48. The van der Waals surface area contributed by atoms with Crippen molar-refractivity contribution < 1.29 is 57.8 Å².